The van der Waals surface area contributed by atoms with Crippen LogP contribution in [0, 0.1) is 6.92 Å². The first-order valence-corrected chi connectivity index (χ1v) is 10.1. The number of amides is 1. The van der Waals surface area contributed by atoms with Gasteiger partial charge in [0.05, 0.1) is 11.7 Å². The molecule has 0 unspecified atom stereocenters. The summed E-state index contributed by atoms with van der Waals surface area (Å²) >= 11 is 0. The third-order valence-electron chi connectivity index (χ3n) is 5.90. The molecular weight excluding hydrogens is 352 g/mol. The molecular formula is C22H24N4O2. The Balaban J connectivity index is 1.37. The van der Waals surface area contributed by atoms with Gasteiger partial charge in [0.15, 0.2) is 5.76 Å². The van der Waals surface area contributed by atoms with Gasteiger partial charge < -0.3 is 14.6 Å². The first-order chi connectivity index (χ1) is 13.7. The molecule has 5 rings (SSSR count). The summed E-state index contributed by atoms with van der Waals surface area (Å²) in [5.74, 6) is 1.28. The Morgan fingerprint density at radius 2 is 2.18 bits per heavy atom. The lowest BCUT2D eigenvalue weighted by molar-refractivity contribution is 0.0702. The van der Waals surface area contributed by atoms with Crippen molar-refractivity contribution < 1.29 is 9.21 Å². The van der Waals surface area contributed by atoms with E-state index in [4.69, 9.17) is 9.40 Å². The Hall–Kier alpha value is -2.73. The van der Waals surface area contributed by atoms with Crippen molar-refractivity contribution >= 4 is 16.9 Å². The van der Waals surface area contributed by atoms with Crippen LogP contribution in [-0.2, 0) is 13.0 Å². The van der Waals surface area contributed by atoms with Crippen molar-refractivity contribution in [3.63, 3.8) is 0 Å². The molecule has 1 fully saturated rings. The number of carbonyl (C=O) groups is 1. The average Bonchev–Trinajstić information content (AvgIpc) is 3.10. The molecule has 2 aliphatic rings. The highest BCUT2D eigenvalue weighted by molar-refractivity contribution is 5.99. The monoisotopic (exact) mass is 376 g/mol. The molecule has 2 aliphatic heterocycles. The maximum absolute atomic E-state index is 13.1. The second kappa shape index (κ2) is 7.02. The smallest absolute Gasteiger partial charge is 0.290 e. The van der Waals surface area contributed by atoms with E-state index in [1.165, 1.54) is 12.8 Å². The highest BCUT2D eigenvalue weighted by atomic mass is 16.3. The molecule has 28 heavy (non-hydrogen) atoms. The number of nitrogens with one attached hydrogen (secondary N) is 1. The first kappa shape index (κ1) is 17.4. The lowest BCUT2D eigenvalue weighted by Crippen LogP contribution is -2.37. The number of aryl methyl sites for hydroxylation is 1. The standard InChI is InChI=1S/C22H24N4O2/c1-14-16-6-2-3-8-19(16)28-20(14)22(27)26-11-9-17-15(13-26)12-24-21(25-17)18-7-4-5-10-23-18/h2-3,6,8,12,18,23H,4-5,7,9-11,13H2,1H3/t18-/m1/s1. The zero-order valence-corrected chi connectivity index (χ0v) is 16.1. The average molecular weight is 376 g/mol. The Labute approximate surface area is 164 Å². The molecule has 4 heterocycles. The van der Waals surface area contributed by atoms with E-state index in [-0.39, 0.29) is 11.9 Å². The van der Waals surface area contributed by atoms with Gasteiger partial charge in [0, 0.05) is 42.2 Å². The fourth-order valence-electron chi connectivity index (χ4n) is 4.27. The molecule has 144 valence electrons. The molecule has 1 amide bonds. The van der Waals surface area contributed by atoms with Crippen LogP contribution in [0.4, 0.5) is 0 Å². The molecule has 2 aromatic heterocycles. The van der Waals surface area contributed by atoms with E-state index in [0.29, 0.717) is 18.8 Å². The minimum absolute atomic E-state index is 0.0580. The van der Waals surface area contributed by atoms with Crippen molar-refractivity contribution in [3.8, 4) is 0 Å². The summed E-state index contributed by atoms with van der Waals surface area (Å²) in [6.07, 6.45) is 6.19. The Bertz CT molecular complexity index is 1040. The first-order valence-electron chi connectivity index (χ1n) is 10.1. The molecule has 0 bridgehead atoms. The highest BCUT2D eigenvalue weighted by Gasteiger charge is 2.28. The number of hydrogen-bond acceptors (Lipinski definition) is 5. The number of fused-ring (bicyclic) bond motifs is 2. The molecule has 1 saturated heterocycles. The Morgan fingerprint density at radius 1 is 1.29 bits per heavy atom. The van der Waals surface area contributed by atoms with Crippen molar-refractivity contribution in [2.45, 2.75) is 45.2 Å². The summed E-state index contributed by atoms with van der Waals surface area (Å²) in [5, 5.41) is 4.50. The number of para-hydroxylation sites is 1. The molecule has 1 aromatic carbocycles. The van der Waals surface area contributed by atoms with Gasteiger partial charge >= 0.3 is 0 Å². The summed E-state index contributed by atoms with van der Waals surface area (Å²) in [7, 11) is 0. The van der Waals surface area contributed by atoms with Crippen LogP contribution in [0.25, 0.3) is 11.0 Å². The number of carbonyl (C=O) groups excluding carboxylic acids is 1. The number of hydrogen-bond donors (Lipinski definition) is 1. The van der Waals surface area contributed by atoms with Crippen molar-refractivity contribution in [2.75, 3.05) is 13.1 Å². The van der Waals surface area contributed by atoms with Gasteiger partial charge in [-0.3, -0.25) is 4.79 Å². The van der Waals surface area contributed by atoms with Crippen LogP contribution in [0.5, 0.6) is 0 Å². The van der Waals surface area contributed by atoms with Crippen LogP contribution in [-0.4, -0.2) is 33.9 Å². The van der Waals surface area contributed by atoms with Gasteiger partial charge in [0.2, 0.25) is 0 Å². The number of nitrogens with zero attached hydrogens (tertiary/aromatic N) is 3. The van der Waals surface area contributed by atoms with E-state index in [1.54, 1.807) is 0 Å². The third kappa shape index (κ3) is 2.98. The van der Waals surface area contributed by atoms with Crippen LogP contribution in [0.1, 0.15) is 58.5 Å². The van der Waals surface area contributed by atoms with E-state index in [2.05, 4.69) is 10.3 Å². The van der Waals surface area contributed by atoms with Gasteiger partial charge in [-0.25, -0.2) is 9.97 Å². The van der Waals surface area contributed by atoms with Crippen LogP contribution in [0.3, 0.4) is 0 Å². The normalized spacial score (nSPS) is 19.6. The van der Waals surface area contributed by atoms with Crippen LogP contribution in [0.2, 0.25) is 0 Å². The van der Waals surface area contributed by atoms with Crippen LogP contribution < -0.4 is 5.32 Å². The second-order valence-electron chi connectivity index (χ2n) is 7.73. The van der Waals surface area contributed by atoms with Crippen LogP contribution in [0.15, 0.2) is 34.9 Å². The van der Waals surface area contributed by atoms with Crippen molar-refractivity contribution in [1.82, 2.24) is 20.2 Å². The Morgan fingerprint density at radius 3 is 3.00 bits per heavy atom. The van der Waals surface area contributed by atoms with Crippen molar-refractivity contribution in [3.05, 3.63) is 58.9 Å². The second-order valence-corrected chi connectivity index (χ2v) is 7.73. The zero-order valence-electron chi connectivity index (χ0n) is 16.1. The number of furan rings is 1. The summed E-state index contributed by atoms with van der Waals surface area (Å²) in [6, 6.07) is 8.04. The number of aromatic nitrogens is 2. The molecule has 0 spiro atoms. The molecule has 1 atom stereocenters. The predicted octanol–water partition coefficient (Wildman–Crippen LogP) is 3.54. The van der Waals surface area contributed by atoms with E-state index < -0.39 is 0 Å². The molecule has 3 aromatic rings. The summed E-state index contributed by atoms with van der Waals surface area (Å²) in [6.45, 7) is 4.16. The third-order valence-corrected chi connectivity index (χ3v) is 5.90. The maximum Gasteiger partial charge on any atom is 0.290 e. The van der Waals surface area contributed by atoms with Crippen molar-refractivity contribution in [2.24, 2.45) is 0 Å². The van der Waals surface area contributed by atoms with Gasteiger partial charge in [0.25, 0.3) is 5.91 Å². The summed E-state index contributed by atoms with van der Waals surface area (Å²) in [4.78, 5) is 24.4. The van der Waals surface area contributed by atoms with Gasteiger partial charge in [-0.15, -0.1) is 0 Å². The Kier molecular flexibility index (Phi) is 4.36. The van der Waals surface area contributed by atoms with Gasteiger partial charge in [-0.1, -0.05) is 24.6 Å². The zero-order chi connectivity index (χ0) is 19.1. The minimum atomic E-state index is -0.0580. The van der Waals surface area contributed by atoms with Gasteiger partial charge in [-0.2, -0.15) is 0 Å². The molecule has 0 saturated carbocycles. The lowest BCUT2D eigenvalue weighted by Gasteiger charge is -2.29. The molecule has 0 radical (unpaired) electrons. The predicted molar refractivity (Wildman–Crippen MR) is 106 cm³/mol. The number of piperidine rings is 1. The van der Waals surface area contributed by atoms with E-state index >= 15 is 0 Å². The lowest BCUT2D eigenvalue weighted by atomic mass is 10.0. The quantitative estimate of drug-likeness (QED) is 0.741. The number of benzene rings is 1. The fraction of sp³-hybridized carbons (Fsp3) is 0.409. The molecule has 0 aliphatic carbocycles. The van der Waals surface area contributed by atoms with E-state index in [1.807, 2.05) is 42.3 Å². The topological polar surface area (TPSA) is 71.3 Å². The fourth-order valence-corrected chi connectivity index (χ4v) is 4.27. The summed E-state index contributed by atoms with van der Waals surface area (Å²) < 4.78 is 5.87. The van der Waals surface area contributed by atoms with Gasteiger partial charge in [-0.05, 0) is 32.4 Å². The minimum Gasteiger partial charge on any atom is -0.451 e. The SMILES string of the molecule is Cc1c(C(=O)N2CCc3nc([C@H]4CCCCN4)ncc3C2)oc2ccccc12. The largest absolute Gasteiger partial charge is 0.451 e. The van der Waals surface area contributed by atoms with Gasteiger partial charge in [0.1, 0.15) is 11.4 Å². The maximum atomic E-state index is 13.1. The molecule has 6 heteroatoms. The highest BCUT2D eigenvalue weighted by Crippen LogP contribution is 2.28. The number of rotatable bonds is 2. The van der Waals surface area contributed by atoms with Crippen molar-refractivity contribution in [1.29, 1.82) is 0 Å². The van der Waals surface area contributed by atoms with E-state index in [9.17, 15) is 4.79 Å². The molecule has 6 nitrogen and oxygen atoms in total. The molecule has 1 N–H and O–H groups in total. The van der Waals surface area contributed by atoms with Crippen LogP contribution >= 0.6 is 0 Å². The summed E-state index contributed by atoms with van der Waals surface area (Å²) in [5.41, 5.74) is 3.77. The van der Waals surface area contributed by atoms with E-state index in [0.717, 1.165) is 53.0 Å².